The van der Waals surface area contributed by atoms with Crippen LogP contribution in [0.2, 0.25) is 0 Å². The van der Waals surface area contributed by atoms with Gasteiger partial charge in [-0.25, -0.2) is 4.99 Å². The van der Waals surface area contributed by atoms with Crippen molar-refractivity contribution in [1.29, 1.82) is 0 Å². The monoisotopic (exact) mass is 263 g/mol. The lowest BCUT2D eigenvalue weighted by atomic mass is 9.63. The Hall–Kier alpha value is -1.07. The van der Waals surface area contributed by atoms with E-state index < -0.39 is 5.66 Å². The minimum Gasteiger partial charge on any atom is -0.370 e. The van der Waals surface area contributed by atoms with E-state index in [1.807, 2.05) is 12.3 Å². The molecule has 0 aromatic carbocycles. The molecular weight excluding hydrogens is 238 g/mol. The summed E-state index contributed by atoms with van der Waals surface area (Å²) in [6.07, 6.45) is 11.3. The lowest BCUT2D eigenvalue weighted by molar-refractivity contribution is 0.0855. The first kappa shape index (κ1) is 12.9. The number of aliphatic imine (C=N–C) groups is 1. The van der Waals surface area contributed by atoms with Gasteiger partial charge in [0, 0.05) is 12.1 Å². The predicted octanol–water partition coefficient (Wildman–Crippen LogP) is 0.633. The summed E-state index contributed by atoms with van der Waals surface area (Å²) in [7, 11) is 0. The van der Waals surface area contributed by atoms with Crippen LogP contribution in [0.25, 0.3) is 0 Å². The molecule has 0 aromatic rings. The Labute approximate surface area is 114 Å². The summed E-state index contributed by atoms with van der Waals surface area (Å²) in [5.41, 5.74) is 12.2. The van der Waals surface area contributed by atoms with Crippen molar-refractivity contribution < 1.29 is 0 Å². The maximum atomic E-state index is 6.44. The summed E-state index contributed by atoms with van der Waals surface area (Å²) in [6, 6.07) is 0. The van der Waals surface area contributed by atoms with Crippen LogP contribution >= 0.6 is 0 Å². The van der Waals surface area contributed by atoms with Crippen LogP contribution in [0.3, 0.4) is 0 Å². The van der Waals surface area contributed by atoms with Gasteiger partial charge in [-0.3, -0.25) is 0 Å². The maximum absolute atomic E-state index is 6.44. The smallest absolute Gasteiger partial charge is 0.194 e. The highest BCUT2D eigenvalue weighted by molar-refractivity contribution is 5.80. The summed E-state index contributed by atoms with van der Waals surface area (Å²) in [5.74, 6) is 0.858. The van der Waals surface area contributed by atoms with Crippen LogP contribution in [-0.4, -0.2) is 24.7 Å². The molecular formula is C14H25N5. The quantitative estimate of drug-likeness (QED) is 0.559. The van der Waals surface area contributed by atoms with Gasteiger partial charge in [-0.15, -0.1) is 0 Å². The number of nitrogens with one attached hydrogen (secondary N) is 2. The average molecular weight is 263 g/mol. The van der Waals surface area contributed by atoms with Crippen LogP contribution in [-0.2, 0) is 0 Å². The Bertz CT molecular complexity index is 387. The standard InChI is InChI=1S/C14H25N5/c15-12-18-10-7-14(16,19-12)11-1-3-13(4-2-11)5-8-17-9-6-13/h7,10-11,17H,1-6,8-9,16H2,(H3,15,18,19). The van der Waals surface area contributed by atoms with Gasteiger partial charge in [-0.2, -0.15) is 0 Å². The molecule has 1 atom stereocenters. The minimum atomic E-state index is -0.593. The first-order valence-corrected chi connectivity index (χ1v) is 7.41. The van der Waals surface area contributed by atoms with Crippen LogP contribution in [0, 0.1) is 11.3 Å². The predicted molar refractivity (Wildman–Crippen MR) is 77.3 cm³/mol. The van der Waals surface area contributed by atoms with Crippen molar-refractivity contribution in [1.82, 2.24) is 10.6 Å². The van der Waals surface area contributed by atoms with Gasteiger partial charge in [0.25, 0.3) is 0 Å². The fourth-order valence-corrected chi connectivity index (χ4v) is 3.92. The average Bonchev–Trinajstić information content (AvgIpc) is 2.40. The van der Waals surface area contributed by atoms with Gasteiger partial charge in [-0.05, 0) is 63.1 Å². The van der Waals surface area contributed by atoms with E-state index >= 15 is 0 Å². The number of hydrogen-bond donors (Lipinski definition) is 4. The van der Waals surface area contributed by atoms with Crippen molar-refractivity contribution >= 4 is 5.96 Å². The molecule has 3 aliphatic rings. The van der Waals surface area contributed by atoms with E-state index in [4.69, 9.17) is 11.5 Å². The third kappa shape index (κ3) is 2.49. The van der Waals surface area contributed by atoms with E-state index in [1.165, 1.54) is 38.8 Å². The van der Waals surface area contributed by atoms with Crippen LogP contribution < -0.4 is 22.1 Å². The van der Waals surface area contributed by atoms with Crippen LogP contribution in [0.15, 0.2) is 17.3 Å². The van der Waals surface area contributed by atoms with Crippen LogP contribution in [0.5, 0.6) is 0 Å². The summed E-state index contributed by atoms with van der Waals surface area (Å²) in [4.78, 5) is 4.43. The largest absolute Gasteiger partial charge is 0.370 e. The minimum absolute atomic E-state index is 0.421. The van der Waals surface area contributed by atoms with E-state index in [2.05, 4.69) is 15.6 Å². The molecule has 2 heterocycles. The van der Waals surface area contributed by atoms with Crippen molar-refractivity contribution in [3.8, 4) is 0 Å². The second kappa shape index (κ2) is 4.80. The zero-order chi connectivity index (χ0) is 13.3. The molecule has 1 spiro atoms. The molecule has 1 saturated heterocycles. The van der Waals surface area contributed by atoms with Crippen molar-refractivity contribution in [3.05, 3.63) is 12.3 Å². The van der Waals surface area contributed by atoms with Crippen molar-refractivity contribution in [2.75, 3.05) is 13.1 Å². The highest BCUT2D eigenvalue weighted by Gasteiger charge is 2.42. The van der Waals surface area contributed by atoms with Gasteiger partial charge < -0.3 is 22.1 Å². The van der Waals surface area contributed by atoms with Crippen molar-refractivity contribution in [3.63, 3.8) is 0 Å². The number of rotatable bonds is 1. The first-order valence-electron chi connectivity index (χ1n) is 7.41. The molecule has 0 bridgehead atoms. The van der Waals surface area contributed by atoms with Gasteiger partial charge in [0.15, 0.2) is 5.96 Å². The number of nitrogens with two attached hydrogens (primary N) is 2. The number of guanidine groups is 1. The lowest BCUT2D eigenvalue weighted by Crippen LogP contribution is -2.51. The lowest BCUT2D eigenvalue weighted by Gasteiger charge is -2.46. The molecule has 1 unspecified atom stereocenters. The summed E-state index contributed by atoms with van der Waals surface area (Å²) >= 11 is 0. The maximum Gasteiger partial charge on any atom is 0.194 e. The molecule has 19 heavy (non-hydrogen) atoms. The number of piperidine rings is 1. The fourth-order valence-electron chi connectivity index (χ4n) is 3.92. The Morgan fingerprint density at radius 1 is 1.16 bits per heavy atom. The molecule has 1 aliphatic carbocycles. The topological polar surface area (TPSA) is 88.5 Å². The second-order valence-corrected chi connectivity index (χ2v) is 6.39. The third-order valence-corrected chi connectivity index (χ3v) is 5.26. The molecule has 0 aromatic heterocycles. The molecule has 3 rings (SSSR count). The van der Waals surface area contributed by atoms with E-state index in [1.54, 1.807) is 0 Å². The Balaban J connectivity index is 1.66. The SMILES string of the molecule is NC1=NC(N)(C2CCC3(CCNCC3)CC2)C=CN1. The normalized spacial score (nSPS) is 34.9. The molecule has 0 amide bonds. The summed E-state index contributed by atoms with van der Waals surface area (Å²) in [6.45, 7) is 2.35. The van der Waals surface area contributed by atoms with Gasteiger partial charge in [-0.1, -0.05) is 0 Å². The zero-order valence-electron chi connectivity index (χ0n) is 11.5. The van der Waals surface area contributed by atoms with Gasteiger partial charge in [0.2, 0.25) is 0 Å². The van der Waals surface area contributed by atoms with Gasteiger partial charge in [0.1, 0.15) is 5.66 Å². The number of hydrogen-bond acceptors (Lipinski definition) is 5. The number of nitrogens with zero attached hydrogens (tertiary/aromatic N) is 1. The van der Waals surface area contributed by atoms with E-state index in [9.17, 15) is 0 Å². The molecule has 5 heteroatoms. The highest BCUT2D eigenvalue weighted by Crippen LogP contribution is 2.47. The third-order valence-electron chi connectivity index (χ3n) is 5.26. The highest BCUT2D eigenvalue weighted by atomic mass is 15.2. The first-order chi connectivity index (χ1) is 9.12. The molecule has 2 aliphatic heterocycles. The summed E-state index contributed by atoms with van der Waals surface area (Å²) in [5, 5.41) is 6.35. The summed E-state index contributed by atoms with van der Waals surface area (Å²) < 4.78 is 0. The van der Waals surface area contributed by atoms with Crippen LogP contribution in [0.4, 0.5) is 0 Å². The van der Waals surface area contributed by atoms with Crippen LogP contribution in [0.1, 0.15) is 38.5 Å². The molecule has 106 valence electrons. The van der Waals surface area contributed by atoms with Crippen molar-refractivity contribution in [2.24, 2.45) is 27.8 Å². The Morgan fingerprint density at radius 2 is 1.84 bits per heavy atom. The van der Waals surface area contributed by atoms with Gasteiger partial charge in [0.05, 0.1) is 0 Å². The molecule has 1 saturated carbocycles. The molecule has 5 nitrogen and oxygen atoms in total. The molecule has 0 radical (unpaired) electrons. The van der Waals surface area contributed by atoms with E-state index in [0.29, 0.717) is 17.3 Å². The molecule has 6 N–H and O–H groups in total. The van der Waals surface area contributed by atoms with E-state index in [0.717, 1.165) is 12.8 Å². The Kier molecular flexibility index (Phi) is 3.27. The van der Waals surface area contributed by atoms with E-state index in [-0.39, 0.29) is 0 Å². The fraction of sp³-hybridized carbons (Fsp3) is 0.786. The second-order valence-electron chi connectivity index (χ2n) is 6.39. The van der Waals surface area contributed by atoms with Crippen molar-refractivity contribution in [2.45, 2.75) is 44.2 Å². The zero-order valence-corrected chi connectivity index (χ0v) is 11.5. The molecule has 2 fully saturated rings. The van der Waals surface area contributed by atoms with Gasteiger partial charge >= 0.3 is 0 Å². The Morgan fingerprint density at radius 3 is 2.47 bits per heavy atom.